The Kier molecular flexibility index (Phi) is 4.15. The van der Waals surface area contributed by atoms with Gasteiger partial charge < -0.3 is 0 Å². The molecule has 24 heavy (non-hydrogen) atoms. The fraction of sp³-hybridized carbons (Fsp3) is 0.167. The van der Waals surface area contributed by atoms with E-state index in [-0.39, 0.29) is 4.90 Å². The van der Waals surface area contributed by atoms with Crippen molar-refractivity contribution in [1.82, 2.24) is 9.78 Å². The molecule has 0 amide bonds. The van der Waals surface area contributed by atoms with Crippen molar-refractivity contribution in [3.05, 3.63) is 65.9 Å². The highest BCUT2D eigenvalue weighted by Gasteiger charge is 2.23. The third-order valence-corrected chi connectivity index (χ3v) is 5.27. The molecular formula is C18H19N3O2S. The van der Waals surface area contributed by atoms with E-state index in [4.69, 9.17) is 0 Å². The van der Waals surface area contributed by atoms with Gasteiger partial charge >= 0.3 is 0 Å². The van der Waals surface area contributed by atoms with E-state index in [1.807, 2.05) is 56.3 Å². The molecule has 0 aliphatic carbocycles. The Labute approximate surface area is 142 Å². The number of aromatic nitrogens is 2. The number of aryl methyl sites for hydroxylation is 3. The average Bonchev–Trinajstić information content (AvgIpc) is 2.94. The van der Waals surface area contributed by atoms with E-state index in [1.54, 1.807) is 13.1 Å². The molecular weight excluding hydrogens is 322 g/mol. The molecule has 0 spiro atoms. The first-order valence-corrected chi connectivity index (χ1v) is 9.04. The molecule has 6 heteroatoms. The summed E-state index contributed by atoms with van der Waals surface area (Å²) in [5.41, 5.74) is 3.89. The molecule has 0 aliphatic heterocycles. The number of hydrogen-bond acceptors (Lipinski definition) is 3. The van der Waals surface area contributed by atoms with E-state index >= 15 is 0 Å². The second-order valence-corrected chi connectivity index (χ2v) is 7.44. The summed E-state index contributed by atoms with van der Waals surface area (Å²) in [4.78, 5) is 0.162. The Morgan fingerprint density at radius 3 is 2.38 bits per heavy atom. The maximum atomic E-state index is 12.8. The molecule has 1 N–H and O–H groups in total. The molecule has 0 atom stereocenters. The van der Waals surface area contributed by atoms with Crippen molar-refractivity contribution in [3.63, 3.8) is 0 Å². The lowest BCUT2D eigenvalue weighted by atomic mass is 10.1. The number of nitrogens with one attached hydrogen (secondary N) is 1. The number of hydrogen-bond donors (Lipinski definition) is 1. The largest absolute Gasteiger partial charge is 0.280 e. The zero-order valence-corrected chi connectivity index (χ0v) is 14.6. The maximum Gasteiger partial charge on any atom is 0.265 e. The highest BCUT2D eigenvalue weighted by molar-refractivity contribution is 7.92. The summed E-state index contributed by atoms with van der Waals surface area (Å²) in [5.74, 6) is 0. The summed E-state index contributed by atoms with van der Waals surface area (Å²) in [5, 5.41) is 4.32. The van der Waals surface area contributed by atoms with Crippen LogP contribution in [-0.2, 0) is 17.1 Å². The van der Waals surface area contributed by atoms with Crippen LogP contribution in [0.3, 0.4) is 0 Å². The van der Waals surface area contributed by atoms with Crippen LogP contribution in [0.4, 0.5) is 5.69 Å². The molecule has 2 aromatic carbocycles. The number of rotatable bonds is 4. The van der Waals surface area contributed by atoms with Gasteiger partial charge in [0, 0.05) is 24.5 Å². The van der Waals surface area contributed by atoms with Gasteiger partial charge in [0.1, 0.15) is 10.6 Å². The minimum absolute atomic E-state index is 0.162. The first-order chi connectivity index (χ1) is 11.4. The smallest absolute Gasteiger partial charge is 0.265 e. The predicted molar refractivity (Wildman–Crippen MR) is 95.4 cm³/mol. The normalized spacial score (nSPS) is 11.5. The molecule has 124 valence electrons. The third kappa shape index (κ3) is 3.19. The predicted octanol–water partition coefficient (Wildman–Crippen LogP) is 3.50. The zero-order valence-electron chi connectivity index (χ0n) is 13.8. The number of anilines is 1. The van der Waals surface area contributed by atoms with Crippen molar-refractivity contribution >= 4 is 15.7 Å². The topological polar surface area (TPSA) is 64.0 Å². The molecule has 0 fully saturated rings. The lowest BCUT2D eigenvalue weighted by molar-refractivity contribution is 0.601. The van der Waals surface area contributed by atoms with Gasteiger partial charge in [-0.2, -0.15) is 5.10 Å². The summed E-state index contributed by atoms with van der Waals surface area (Å²) >= 11 is 0. The van der Waals surface area contributed by atoms with Gasteiger partial charge in [0.15, 0.2) is 0 Å². The van der Waals surface area contributed by atoms with Gasteiger partial charge in [0.25, 0.3) is 10.0 Å². The fourth-order valence-corrected chi connectivity index (χ4v) is 3.73. The number of nitrogens with zero attached hydrogens (tertiary/aromatic N) is 2. The molecule has 1 aromatic heterocycles. The van der Waals surface area contributed by atoms with Crippen LogP contribution < -0.4 is 4.72 Å². The molecule has 0 bridgehead atoms. The van der Waals surface area contributed by atoms with Crippen LogP contribution in [0.2, 0.25) is 0 Å². The third-order valence-electron chi connectivity index (χ3n) is 3.89. The summed E-state index contributed by atoms with van der Waals surface area (Å²) in [6.45, 7) is 3.94. The van der Waals surface area contributed by atoms with Crippen LogP contribution in [0.5, 0.6) is 0 Å². The van der Waals surface area contributed by atoms with E-state index in [9.17, 15) is 8.42 Å². The van der Waals surface area contributed by atoms with Gasteiger partial charge in [-0.25, -0.2) is 8.42 Å². The first-order valence-electron chi connectivity index (χ1n) is 7.56. The molecule has 3 rings (SSSR count). The second kappa shape index (κ2) is 6.13. The van der Waals surface area contributed by atoms with Gasteiger partial charge in [-0.15, -0.1) is 0 Å². The van der Waals surface area contributed by atoms with Crippen molar-refractivity contribution < 1.29 is 8.42 Å². The summed E-state index contributed by atoms with van der Waals surface area (Å²) in [6, 6.07) is 14.8. The quantitative estimate of drug-likeness (QED) is 0.790. The zero-order chi connectivity index (χ0) is 17.3. The monoisotopic (exact) mass is 341 g/mol. The molecule has 0 unspecified atom stereocenters. The van der Waals surface area contributed by atoms with Crippen LogP contribution in [0.1, 0.15) is 11.1 Å². The molecule has 1 heterocycles. The Balaban J connectivity index is 2.03. The van der Waals surface area contributed by atoms with E-state index in [0.29, 0.717) is 11.4 Å². The van der Waals surface area contributed by atoms with Crippen LogP contribution >= 0.6 is 0 Å². The van der Waals surface area contributed by atoms with Gasteiger partial charge in [-0.1, -0.05) is 36.4 Å². The number of benzene rings is 2. The van der Waals surface area contributed by atoms with Crippen molar-refractivity contribution in [2.75, 3.05) is 4.72 Å². The minimum atomic E-state index is -3.73. The number of sulfonamides is 1. The lowest BCUT2D eigenvalue weighted by Gasteiger charge is -2.10. The fourth-order valence-electron chi connectivity index (χ4n) is 2.47. The Morgan fingerprint density at radius 1 is 1.00 bits per heavy atom. The standard InChI is InChI=1S/C18H19N3O2S/c1-13-9-10-16(11-14(13)2)20-24(22,23)17-12-21(3)19-18(17)15-7-5-4-6-8-15/h4-12,20H,1-3H3. The SMILES string of the molecule is Cc1ccc(NS(=O)(=O)c2cn(C)nc2-c2ccccc2)cc1C. The Hall–Kier alpha value is -2.60. The van der Waals surface area contributed by atoms with E-state index < -0.39 is 10.0 Å². The first kappa shape index (κ1) is 16.3. The average molecular weight is 341 g/mol. The van der Waals surface area contributed by atoms with Crippen LogP contribution in [0.15, 0.2) is 59.6 Å². The van der Waals surface area contributed by atoms with E-state index in [2.05, 4.69) is 9.82 Å². The molecule has 0 saturated heterocycles. The van der Waals surface area contributed by atoms with Crippen molar-refractivity contribution in [2.24, 2.45) is 7.05 Å². The van der Waals surface area contributed by atoms with Crippen molar-refractivity contribution in [3.8, 4) is 11.3 Å². The van der Waals surface area contributed by atoms with Crippen LogP contribution in [0, 0.1) is 13.8 Å². The highest BCUT2D eigenvalue weighted by Crippen LogP contribution is 2.27. The van der Waals surface area contributed by atoms with Crippen LogP contribution in [-0.4, -0.2) is 18.2 Å². The summed E-state index contributed by atoms with van der Waals surface area (Å²) in [6.07, 6.45) is 1.52. The minimum Gasteiger partial charge on any atom is -0.280 e. The Bertz CT molecular complexity index is 977. The molecule has 3 aromatic rings. The lowest BCUT2D eigenvalue weighted by Crippen LogP contribution is -2.13. The van der Waals surface area contributed by atoms with Crippen molar-refractivity contribution in [2.45, 2.75) is 18.7 Å². The maximum absolute atomic E-state index is 12.8. The van der Waals surface area contributed by atoms with Gasteiger partial charge in [-0.05, 0) is 37.1 Å². The summed E-state index contributed by atoms with van der Waals surface area (Å²) < 4.78 is 29.8. The Morgan fingerprint density at radius 2 is 1.71 bits per heavy atom. The molecule has 0 aliphatic rings. The second-order valence-electron chi connectivity index (χ2n) is 5.79. The van der Waals surface area contributed by atoms with Crippen molar-refractivity contribution in [1.29, 1.82) is 0 Å². The molecule has 5 nitrogen and oxygen atoms in total. The summed E-state index contributed by atoms with van der Waals surface area (Å²) in [7, 11) is -2.02. The highest BCUT2D eigenvalue weighted by atomic mass is 32.2. The van der Waals surface area contributed by atoms with E-state index in [0.717, 1.165) is 16.7 Å². The molecule has 0 radical (unpaired) electrons. The van der Waals surface area contributed by atoms with Gasteiger partial charge in [0.2, 0.25) is 0 Å². The van der Waals surface area contributed by atoms with E-state index in [1.165, 1.54) is 10.9 Å². The van der Waals surface area contributed by atoms with Crippen LogP contribution in [0.25, 0.3) is 11.3 Å². The molecule has 0 saturated carbocycles. The van der Waals surface area contributed by atoms with Gasteiger partial charge in [0.05, 0.1) is 0 Å². The van der Waals surface area contributed by atoms with Gasteiger partial charge in [-0.3, -0.25) is 9.40 Å².